The van der Waals surface area contributed by atoms with Gasteiger partial charge >= 0.3 is 5.97 Å². The molecule has 1 aliphatic rings. The molecule has 0 bridgehead atoms. The maximum atomic E-state index is 13.0. The second kappa shape index (κ2) is 9.16. The van der Waals surface area contributed by atoms with Crippen LogP contribution in [0.2, 0.25) is 0 Å². The van der Waals surface area contributed by atoms with Crippen LogP contribution >= 0.6 is 0 Å². The number of hydrogen-bond donors (Lipinski definition) is 2. The first kappa shape index (κ1) is 21.1. The molecule has 0 spiro atoms. The molecule has 150 valence electrons. The standard InChI is InChI=1S/C17H25N3O6S/c1-25-15-6-5-13(10-14(15)17(22)26-2)27(23,24)20-9-3-4-12(11-20)16(21)19-8-7-18/h5-6,10,12H,3-4,7-9,11,18H2,1-2H3,(H,19,21). The van der Waals surface area contributed by atoms with Crippen LogP contribution in [-0.2, 0) is 19.6 Å². The molecule has 1 aliphatic heterocycles. The molecule has 0 aliphatic carbocycles. The van der Waals surface area contributed by atoms with Gasteiger partial charge in [-0.15, -0.1) is 0 Å². The summed E-state index contributed by atoms with van der Waals surface area (Å²) in [5, 5.41) is 2.70. The highest BCUT2D eigenvalue weighted by Crippen LogP contribution is 2.28. The van der Waals surface area contributed by atoms with Crippen molar-refractivity contribution in [3.05, 3.63) is 23.8 Å². The highest BCUT2D eigenvalue weighted by Gasteiger charge is 2.34. The SMILES string of the molecule is COC(=O)c1cc(S(=O)(=O)N2CCCC(C(=O)NCCN)C2)ccc1OC. The van der Waals surface area contributed by atoms with Gasteiger partial charge in [-0.1, -0.05) is 0 Å². The van der Waals surface area contributed by atoms with E-state index in [1.165, 1.54) is 36.7 Å². The largest absolute Gasteiger partial charge is 0.496 e. The van der Waals surface area contributed by atoms with Crippen molar-refractivity contribution >= 4 is 21.9 Å². The first-order chi connectivity index (χ1) is 12.8. The molecule has 0 saturated carbocycles. The molecule has 1 unspecified atom stereocenters. The zero-order valence-corrected chi connectivity index (χ0v) is 16.3. The van der Waals surface area contributed by atoms with Gasteiger partial charge in [0.25, 0.3) is 0 Å². The van der Waals surface area contributed by atoms with E-state index in [0.717, 1.165) is 0 Å². The van der Waals surface area contributed by atoms with Gasteiger partial charge in [-0.2, -0.15) is 4.31 Å². The monoisotopic (exact) mass is 399 g/mol. The molecule has 27 heavy (non-hydrogen) atoms. The number of amides is 1. The van der Waals surface area contributed by atoms with Gasteiger partial charge in [0.2, 0.25) is 15.9 Å². The Bertz CT molecular complexity index is 796. The van der Waals surface area contributed by atoms with E-state index in [9.17, 15) is 18.0 Å². The average Bonchev–Trinajstić information content (AvgIpc) is 2.70. The summed E-state index contributed by atoms with van der Waals surface area (Å²) in [6.07, 6.45) is 1.18. The van der Waals surface area contributed by atoms with E-state index in [2.05, 4.69) is 10.1 Å². The second-order valence-corrected chi connectivity index (χ2v) is 8.07. The number of carbonyl (C=O) groups is 2. The smallest absolute Gasteiger partial charge is 0.341 e. The summed E-state index contributed by atoms with van der Waals surface area (Å²) >= 11 is 0. The number of rotatable bonds is 7. The van der Waals surface area contributed by atoms with Crippen LogP contribution in [0.15, 0.2) is 23.1 Å². The van der Waals surface area contributed by atoms with Gasteiger partial charge in [0.15, 0.2) is 0 Å². The number of nitrogens with zero attached hydrogens (tertiary/aromatic N) is 1. The van der Waals surface area contributed by atoms with Crippen molar-refractivity contribution in [1.82, 2.24) is 9.62 Å². The number of esters is 1. The minimum atomic E-state index is -3.87. The Morgan fingerprint density at radius 2 is 2.07 bits per heavy atom. The van der Waals surface area contributed by atoms with Gasteiger partial charge in [-0.25, -0.2) is 13.2 Å². The summed E-state index contributed by atoms with van der Waals surface area (Å²) in [6, 6.07) is 4.02. The lowest BCUT2D eigenvalue weighted by molar-refractivity contribution is -0.126. The predicted octanol–water partition coefficient (Wildman–Crippen LogP) is -0.0426. The molecule has 2 rings (SSSR count). The Hall–Kier alpha value is -2.17. The highest BCUT2D eigenvalue weighted by molar-refractivity contribution is 7.89. The van der Waals surface area contributed by atoms with Crippen molar-refractivity contribution in [3.63, 3.8) is 0 Å². The topological polar surface area (TPSA) is 128 Å². The molecule has 1 fully saturated rings. The van der Waals surface area contributed by atoms with E-state index in [-0.39, 0.29) is 28.7 Å². The van der Waals surface area contributed by atoms with Crippen molar-refractivity contribution in [2.75, 3.05) is 40.4 Å². The lowest BCUT2D eigenvalue weighted by Gasteiger charge is -2.31. The summed E-state index contributed by atoms with van der Waals surface area (Å²) < 4.78 is 37.1. The van der Waals surface area contributed by atoms with Gasteiger partial charge in [0, 0.05) is 26.2 Å². The van der Waals surface area contributed by atoms with Crippen molar-refractivity contribution in [2.45, 2.75) is 17.7 Å². The fourth-order valence-electron chi connectivity index (χ4n) is 2.98. The normalized spacial score (nSPS) is 18.0. The van der Waals surface area contributed by atoms with E-state index in [1.807, 2.05) is 0 Å². The van der Waals surface area contributed by atoms with Crippen LogP contribution in [0.5, 0.6) is 5.75 Å². The van der Waals surface area contributed by atoms with Crippen molar-refractivity contribution in [1.29, 1.82) is 0 Å². The minimum absolute atomic E-state index is 0.0234. The molecule has 10 heteroatoms. The molecule has 1 atom stereocenters. The molecule has 0 radical (unpaired) electrons. The number of carbonyl (C=O) groups excluding carboxylic acids is 2. The zero-order valence-electron chi connectivity index (χ0n) is 15.4. The van der Waals surface area contributed by atoms with Crippen LogP contribution in [0.25, 0.3) is 0 Å². The van der Waals surface area contributed by atoms with Crippen molar-refractivity contribution in [2.24, 2.45) is 11.7 Å². The number of ether oxygens (including phenoxy) is 2. The predicted molar refractivity (Wildman–Crippen MR) is 97.9 cm³/mol. The number of nitrogens with two attached hydrogens (primary N) is 1. The molecule has 0 aromatic heterocycles. The quantitative estimate of drug-likeness (QED) is 0.616. The summed E-state index contributed by atoms with van der Waals surface area (Å²) in [5.41, 5.74) is 5.41. The van der Waals surface area contributed by atoms with Crippen LogP contribution < -0.4 is 15.8 Å². The third-order valence-electron chi connectivity index (χ3n) is 4.41. The molecule has 3 N–H and O–H groups in total. The van der Waals surface area contributed by atoms with Gasteiger partial charge in [-0.3, -0.25) is 4.79 Å². The summed E-state index contributed by atoms with van der Waals surface area (Å²) in [5.74, 6) is -1.11. The Kier molecular flexibility index (Phi) is 7.17. The van der Waals surface area contributed by atoms with Gasteiger partial charge in [0.05, 0.1) is 25.0 Å². The lowest BCUT2D eigenvalue weighted by Crippen LogP contribution is -2.46. The van der Waals surface area contributed by atoms with E-state index >= 15 is 0 Å². The molecule has 1 aromatic carbocycles. The second-order valence-electron chi connectivity index (χ2n) is 6.14. The van der Waals surface area contributed by atoms with E-state index < -0.39 is 21.9 Å². The third-order valence-corrected chi connectivity index (χ3v) is 6.27. The molecule has 1 amide bonds. The summed E-state index contributed by atoms with van der Waals surface area (Å²) in [6.45, 7) is 1.06. The number of nitrogens with one attached hydrogen (secondary N) is 1. The Balaban J connectivity index is 2.27. The van der Waals surface area contributed by atoms with Gasteiger partial charge in [0.1, 0.15) is 11.3 Å². The molecule has 9 nitrogen and oxygen atoms in total. The molecule has 1 saturated heterocycles. The number of piperidine rings is 1. The number of sulfonamides is 1. The number of hydrogen-bond acceptors (Lipinski definition) is 7. The molecular weight excluding hydrogens is 374 g/mol. The first-order valence-corrected chi connectivity index (χ1v) is 10.0. The first-order valence-electron chi connectivity index (χ1n) is 8.59. The number of benzene rings is 1. The Labute approximate surface area is 158 Å². The fourth-order valence-corrected chi connectivity index (χ4v) is 4.53. The van der Waals surface area contributed by atoms with E-state index in [0.29, 0.717) is 32.5 Å². The van der Waals surface area contributed by atoms with Crippen LogP contribution in [0.3, 0.4) is 0 Å². The fraction of sp³-hybridized carbons (Fsp3) is 0.529. The molecule has 1 heterocycles. The van der Waals surface area contributed by atoms with Crippen LogP contribution in [0.4, 0.5) is 0 Å². The highest BCUT2D eigenvalue weighted by atomic mass is 32.2. The average molecular weight is 399 g/mol. The summed E-state index contributed by atoms with van der Waals surface area (Å²) in [4.78, 5) is 24.0. The minimum Gasteiger partial charge on any atom is -0.496 e. The van der Waals surface area contributed by atoms with Gasteiger partial charge < -0.3 is 20.5 Å². The Morgan fingerprint density at radius 3 is 2.70 bits per heavy atom. The van der Waals surface area contributed by atoms with Crippen LogP contribution in [0.1, 0.15) is 23.2 Å². The van der Waals surface area contributed by atoms with Gasteiger partial charge in [-0.05, 0) is 31.0 Å². The third kappa shape index (κ3) is 4.76. The van der Waals surface area contributed by atoms with Crippen LogP contribution in [0, 0.1) is 5.92 Å². The maximum absolute atomic E-state index is 13.0. The molecular formula is C17H25N3O6S. The van der Waals surface area contributed by atoms with E-state index in [4.69, 9.17) is 10.5 Å². The van der Waals surface area contributed by atoms with Crippen molar-refractivity contribution < 1.29 is 27.5 Å². The van der Waals surface area contributed by atoms with E-state index in [1.54, 1.807) is 0 Å². The van der Waals surface area contributed by atoms with Crippen molar-refractivity contribution in [3.8, 4) is 5.75 Å². The number of methoxy groups -OCH3 is 2. The Morgan fingerprint density at radius 1 is 1.33 bits per heavy atom. The lowest BCUT2D eigenvalue weighted by atomic mass is 9.99. The molecule has 1 aromatic rings. The maximum Gasteiger partial charge on any atom is 0.341 e. The summed E-state index contributed by atoms with van der Waals surface area (Å²) in [7, 11) is -1.29. The zero-order chi connectivity index (χ0) is 20.0. The van der Waals surface area contributed by atoms with Crippen LogP contribution in [-0.4, -0.2) is 65.0 Å².